The van der Waals surface area contributed by atoms with Crippen molar-refractivity contribution in [2.24, 2.45) is 5.73 Å². The van der Waals surface area contributed by atoms with Gasteiger partial charge in [0, 0.05) is 18.7 Å². The van der Waals surface area contributed by atoms with Gasteiger partial charge in [0.1, 0.15) is 5.82 Å². The molecule has 8 heteroatoms. The number of anilines is 1. The molecule has 2 aromatic carbocycles. The average molecular weight is 383 g/mol. The molecule has 3 rings (SSSR count). The minimum absolute atomic E-state index is 0.0374. The molecule has 0 unspecified atom stereocenters. The van der Waals surface area contributed by atoms with E-state index < -0.39 is 17.6 Å². The number of amides is 4. The number of carbonyl (C=O) groups is 4. The molecule has 28 heavy (non-hydrogen) atoms. The minimum atomic E-state index is -0.936. The van der Waals surface area contributed by atoms with Gasteiger partial charge in [0.25, 0.3) is 17.7 Å². The van der Waals surface area contributed by atoms with Crippen LogP contribution in [-0.4, -0.2) is 35.1 Å². The molecular weight excluding hydrogens is 365 g/mol. The summed E-state index contributed by atoms with van der Waals surface area (Å²) in [6.07, 6.45) is 0.301. The van der Waals surface area contributed by atoms with Crippen LogP contribution < -0.4 is 11.1 Å². The van der Waals surface area contributed by atoms with E-state index in [4.69, 9.17) is 5.73 Å². The van der Waals surface area contributed by atoms with Crippen LogP contribution in [0, 0.1) is 12.7 Å². The number of imide groups is 1. The fourth-order valence-electron chi connectivity index (χ4n) is 3.02. The smallest absolute Gasteiger partial charge is 0.261 e. The maximum Gasteiger partial charge on any atom is 0.261 e. The number of hydrogen-bond acceptors (Lipinski definition) is 4. The molecule has 0 atom stereocenters. The molecule has 3 N–H and O–H groups in total. The van der Waals surface area contributed by atoms with Gasteiger partial charge in [0.05, 0.1) is 16.7 Å². The molecule has 0 fully saturated rings. The fraction of sp³-hybridized carbons (Fsp3) is 0.200. The van der Waals surface area contributed by atoms with Crippen molar-refractivity contribution in [2.75, 3.05) is 11.9 Å². The van der Waals surface area contributed by atoms with Crippen molar-refractivity contribution in [3.8, 4) is 0 Å². The Balaban J connectivity index is 1.57. The lowest BCUT2D eigenvalue weighted by Crippen LogP contribution is -2.31. The Kier molecular flexibility index (Phi) is 5.21. The third-order valence-corrected chi connectivity index (χ3v) is 4.43. The second-order valence-electron chi connectivity index (χ2n) is 6.52. The number of fused-ring (bicyclic) bond motifs is 1. The zero-order chi connectivity index (χ0) is 20.4. The van der Waals surface area contributed by atoms with Gasteiger partial charge in [0.15, 0.2) is 0 Å². The first-order chi connectivity index (χ1) is 13.3. The van der Waals surface area contributed by atoms with E-state index in [1.165, 1.54) is 6.07 Å². The van der Waals surface area contributed by atoms with Crippen LogP contribution in [0.2, 0.25) is 0 Å². The van der Waals surface area contributed by atoms with E-state index in [2.05, 4.69) is 5.32 Å². The van der Waals surface area contributed by atoms with E-state index in [1.54, 1.807) is 18.2 Å². The topological polar surface area (TPSA) is 110 Å². The molecule has 0 spiro atoms. The lowest BCUT2D eigenvalue weighted by atomic mass is 10.1. The van der Waals surface area contributed by atoms with Gasteiger partial charge in [-0.25, -0.2) is 4.39 Å². The van der Waals surface area contributed by atoms with Gasteiger partial charge >= 0.3 is 0 Å². The van der Waals surface area contributed by atoms with Gasteiger partial charge in [-0.2, -0.15) is 0 Å². The number of halogens is 1. The maximum absolute atomic E-state index is 13.5. The average Bonchev–Trinajstić information content (AvgIpc) is 2.87. The SMILES string of the molecule is Cc1ccc2c(c1)C(=O)N(CCCC(=O)Nc1ccc(F)c(C(N)=O)c1)C2=O. The van der Waals surface area contributed by atoms with E-state index in [0.717, 1.165) is 22.6 Å². The molecule has 0 aliphatic carbocycles. The fourth-order valence-corrected chi connectivity index (χ4v) is 3.02. The number of benzene rings is 2. The molecule has 0 radical (unpaired) electrons. The third kappa shape index (κ3) is 3.75. The predicted molar refractivity (Wildman–Crippen MR) is 99.3 cm³/mol. The Labute approximate surface area is 160 Å². The summed E-state index contributed by atoms with van der Waals surface area (Å²) < 4.78 is 13.5. The number of hydrogen-bond donors (Lipinski definition) is 2. The summed E-state index contributed by atoms with van der Waals surface area (Å²) in [6, 6.07) is 8.57. The summed E-state index contributed by atoms with van der Waals surface area (Å²) in [4.78, 5) is 49.1. The highest BCUT2D eigenvalue weighted by atomic mass is 19.1. The lowest BCUT2D eigenvalue weighted by Gasteiger charge is -2.13. The van der Waals surface area contributed by atoms with Crippen LogP contribution in [0.4, 0.5) is 10.1 Å². The molecule has 0 aromatic heterocycles. The van der Waals surface area contributed by atoms with Crippen LogP contribution in [0.15, 0.2) is 36.4 Å². The van der Waals surface area contributed by atoms with Gasteiger partial charge in [-0.05, 0) is 43.7 Å². The van der Waals surface area contributed by atoms with E-state index in [0.29, 0.717) is 11.1 Å². The van der Waals surface area contributed by atoms with E-state index in [-0.39, 0.29) is 42.5 Å². The van der Waals surface area contributed by atoms with Crippen molar-refractivity contribution in [1.29, 1.82) is 0 Å². The Morgan fingerprint density at radius 2 is 1.79 bits per heavy atom. The normalized spacial score (nSPS) is 12.9. The van der Waals surface area contributed by atoms with Crippen LogP contribution in [0.25, 0.3) is 0 Å². The number of nitrogens with two attached hydrogens (primary N) is 1. The zero-order valence-electron chi connectivity index (χ0n) is 15.1. The van der Waals surface area contributed by atoms with Gasteiger partial charge in [-0.3, -0.25) is 24.1 Å². The standard InChI is InChI=1S/C20H18FN3O4/c1-11-4-6-13-14(9-11)20(28)24(19(13)27)8-2-3-17(25)23-12-5-7-16(21)15(10-12)18(22)26/h4-7,9-10H,2-3,8H2,1H3,(H2,22,26)(H,23,25). The van der Waals surface area contributed by atoms with E-state index in [9.17, 15) is 23.6 Å². The van der Waals surface area contributed by atoms with Gasteiger partial charge < -0.3 is 11.1 Å². The van der Waals surface area contributed by atoms with Crippen molar-refractivity contribution < 1.29 is 23.6 Å². The number of primary amides is 1. The summed E-state index contributed by atoms with van der Waals surface area (Å²) in [5, 5.41) is 2.54. The lowest BCUT2D eigenvalue weighted by molar-refractivity contribution is -0.116. The highest BCUT2D eigenvalue weighted by Gasteiger charge is 2.34. The molecule has 2 aromatic rings. The molecular formula is C20H18FN3O4. The Morgan fingerprint density at radius 1 is 1.07 bits per heavy atom. The summed E-state index contributed by atoms with van der Waals surface area (Å²) in [7, 11) is 0. The number of aryl methyl sites for hydroxylation is 1. The predicted octanol–water partition coefficient (Wildman–Crippen LogP) is 2.25. The van der Waals surface area contributed by atoms with E-state index >= 15 is 0 Å². The van der Waals surface area contributed by atoms with Crippen molar-refractivity contribution in [3.05, 3.63) is 64.5 Å². The van der Waals surface area contributed by atoms with Crippen molar-refractivity contribution in [1.82, 2.24) is 4.90 Å². The second kappa shape index (κ2) is 7.59. The molecule has 0 saturated heterocycles. The minimum Gasteiger partial charge on any atom is -0.366 e. The van der Waals surface area contributed by atoms with Gasteiger partial charge in [0.2, 0.25) is 5.91 Å². The highest BCUT2D eigenvalue weighted by molar-refractivity contribution is 6.21. The van der Waals surface area contributed by atoms with Crippen LogP contribution in [0.3, 0.4) is 0 Å². The molecule has 7 nitrogen and oxygen atoms in total. The summed E-state index contributed by atoms with van der Waals surface area (Å²) in [5.74, 6) is -2.84. The first-order valence-electron chi connectivity index (χ1n) is 8.64. The van der Waals surface area contributed by atoms with E-state index in [1.807, 2.05) is 6.92 Å². The van der Waals surface area contributed by atoms with Crippen LogP contribution in [-0.2, 0) is 4.79 Å². The van der Waals surface area contributed by atoms with Crippen molar-refractivity contribution in [3.63, 3.8) is 0 Å². The van der Waals surface area contributed by atoms with Crippen LogP contribution in [0.1, 0.15) is 49.5 Å². The molecule has 0 bridgehead atoms. The Bertz CT molecular complexity index is 1000. The molecule has 1 heterocycles. The Morgan fingerprint density at radius 3 is 2.50 bits per heavy atom. The quantitative estimate of drug-likeness (QED) is 0.746. The highest BCUT2D eigenvalue weighted by Crippen LogP contribution is 2.24. The summed E-state index contributed by atoms with van der Waals surface area (Å²) in [5.41, 5.74) is 6.61. The van der Waals surface area contributed by atoms with Crippen LogP contribution in [0.5, 0.6) is 0 Å². The number of carbonyl (C=O) groups excluding carboxylic acids is 4. The number of rotatable bonds is 6. The summed E-state index contributed by atoms with van der Waals surface area (Å²) >= 11 is 0. The zero-order valence-corrected chi connectivity index (χ0v) is 15.1. The summed E-state index contributed by atoms with van der Waals surface area (Å²) in [6.45, 7) is 1.94. The second-order valence-corrected chi connectivity index (χ2v) is 6.52. The molecule has 144 valence electrons. The largest absolute Gasteiger partial charge is 0.366 e. The molecule has 0 saturated carbocycles. The molecule has 4 amide bonds. The molecule has 1 aliphatic heterocycles. The van der Waals surface area contributed by atoms with Gasteiger partial charge in [-0.1, -0.05) is 11.6 Å². The number of nitrogens with zero attached hydrogens (tertiary/aromatic N) is 1. The first-order valence-corrected chi connectivity index (χ1v) is 8.64. The Hall–Kier alpha value is -3.55. The van der Waals surface area contributed by atoms with Crippen molar-refractivity contribution in [2.45, 2.75) is 19.8 Å². The number of nitrogens with one attached hydrogen (secondary N) is 1. The monoisotopic (exact) mass is 383 g/mol. The molecule has 1 aliphatic rings. The maximum atomic E-state index is 13.5. The third-order valence-electron chi connectivity index (χ3n) is 4.43. The van der Waals surface area contributed by atoms with Crippen molar-refractivity contribution >= 4 is 29.3 Å². The van der Waals surface area contributed by atoms with Gasteiger partial charge in [-0.15, -0.1) is 0 Å². The van der Waals surface area contributed by atoms with Crippen LogP contribution >= 0.6 is 0 Å². The first kappa shape index (κ1) is 19.2.